The predicted molar refractivity (Wildman–Crippen MR) is 112 cm³/mol. The molecule has 1 amide bonds. The first-order valence-corrected chi connectivity index (χ1v) is 9.75. The van der Waals surface area contributed by atoms with Gasteiger partial charge in [-0.3, -0.25) is 4.79 Å². The van der Waals surface area contributed by atoms with Crippen molar-refractivity contribution in [2.45, 2.75) is 12.1 Å². The Morgan fingerprint density at radius 1 is 1.31 bits per heavy atom. The van der Waals surface area contributed by atoms with Crippen molar-refractivity contribution in [3.8, 4) is 22.9 Å². The highest BCUT2D eigenvalue weighted by Crippen LogP contribution is 2.28. The van der Waals surface area contributed by atoms with Crippen LogP contribution in [0.5, 0.6) is 11.5 Å². The van der Waals surface area contributed by atoms with Gasteiger partial charge in [0.15, 0.2) is 22.5 Å². The largest absolute Gasteiger partial charge is 0.504 e. The van der Waals surface area contributed by atoms with Crippen LogP contribution in [0.4, 0.5) is 0 Å². The van der Waals surface area contributed by atoms with E-state index in [-0.39, 0.29) is 17.4 Å². The summed E-state index contributed by atoms with van der Waals surface area (Å²) in [6.45, 7) is 2.02. The molecule has 0 aliphatic rings. The van der Waals surface area contributed by atoms with Crippen LogP contribution >= 0.6 is 11.8 Å². The normalized spacial score (nSPS) is 11.0. The highest BCUT2D eigenvalue weighted by Gasteiger charge is 2.13. The molecule has 1 aromatic heterocycles. The molecule has 2 aromatic carbocycles. The Bertz CT molecular complexity index is 1050. The van der Waals surface area contributed by atoms with Gasteiger partial charge in [0.2, 0.25) is 0 Å². The Labute approximate surface area is 172 Å². The number of amides is 1. The first-order chi connectivity index (χ1) is 14.0. The second-order valence-electron chi connectivity index (χ2n) is 6.21. The van der Waals surface area contributed by atoms with Crippen molar-refractivity contribution < 1.29 is 14.6 Å². The highest BCUT2D eigenvalue weighted by molar-refractivity contribution is 7.99. The van der Waals surface area contributed by atoms with Crippen LogP contribution in [-0.2, 0) is 11.8 Å². The minimum atomic E-state index is -0.297. The first-order valence-electron chi connectivity index (χ1n) is 8.76. The topological polar surface area (TPSA) is 102 Å². The molecule has 0 radical (unpaired) electrons. The number of nitrogens with one attached hydrogen (secondary N) is 1. The number of nitrogens with zero attached hydrogens (tertiary/aromatic N) is 4. The minimum Gasteiger partial charge on any atom is -0.504 e. The van der Waals surface area contributed by atoms with Crippen LogP contribution in [0.15, 0.2) is 52.7 Å². The van der Waals surface area contributed by atoms with Crippen molar-refractivity contribution in [1.29, 1.82) is 0 Å². The molecule has 0 aliphatic carbocycles. The summed E-state index contributed by atoms with van der Waals surface area (Å²) in [4.78, 5) is 12.1. The van der Waals surface area contributed by atoms with Gasteiger partial charge in [0.1, 0.15) is 0 Å². The van der Waals surface area contributed by atoms with E-state index in [9.17, 15) is 9.90 Å². The summed E-state index contributed by atoms with van der Waals surface area (Å²) in [5.41, 5.74) is 4.98. The van der Waals surface area contributed by atoms with Crippen LogP contribution in [0.2, 0.25) is 0 Å². The number of aromatic nitrogens is 3. The SMILES string of the molecule is COc1cccc(/C=N\NC(=O)CSc2nnc(-c3cccc(C)c3)n2C)c1O. The summed E-state index contributed by atoms with van der Waals surface area (Å²) in [7, 11) is 3.33. The summed E-state index contributed by atoms with van der Waals surface area (Å²) in [5.74, 6) is 0.867. The van der Waals surface area contributed by atoms with Gasteiger partial charge in [0.25, 0.3) is 5.91 Å². The van der Waals surface area contributed by atoms with Crippen molar-refractivity contribution in [2.75, 3.05) is 12.9 Å². The molecule has 0 fully saturated rings. The Balaban J connectivity index is 1.58. The Kier molecular flexibility index (Phi) is 6.50. The number of rotatable bonds is 7. The average Bonchev–Trinajstić information content (AvgIpc) is 3.08. The quantitative estimate of drug-likeness (QED) is 0.352. The molecule has 150 valence electrons. The summed E-state index contributed by atoms with van der Waals surface area (Å²) in [5, 5.41) is 22.9. The number of carbonyl (C=O) groups excluding carboxylic acids is 1. The van der Waals surface area contributed by atoms with Gasteiger partial charge in [-0.2, -0.15) is 5.10 Å². The zero-order valence-corrected chi connectivity index (χ0v) is 17.1. The smallest absolute Gasteiger partial charge is 0.250 e. The van der Waals surface area contributed by atoms with E-state index in [4.69, 9.17) is 4.74 Å². The second kappa shape index (κ2) is 9.24. The molecule has 3 rings (SSSR count). The average molecular weight is 411 g/mol. The number of carbonyl (C=O) groups is 1. The maximum atomic E-state index is 12.1. The maximum absolute atomic E-state index is 12.1. The van der Waals surface area contributed by atoms with Gasteiger partial charge in [-0.1, -0.05) is 41.6 Å². The van der Waals surface area contributed by atoms with Gasteiger partial charge in [-0.25, -0.2) is 5.43 Å². The van der Waals surface area contributed by atoms with E-state index in [0.29, 0.717) is 16.5 Å². The molecule has 2 N–H and O–H groups in total. The lowest BCUT2D eigenvalue weighted by atomic mass is 10.1. The number of benzene rings is 2. The fraction of sp³-hybridized carbons (Fsp3) is 0.200. The van der Waals surface area contributed by atoms with Crippen LogP contribution in [0, 0.1) is 6.92 Å². The molecule has 0 saturated carbocycles. The van der Waals surface area contributed by atoms with Crippen LogP contribution < -0.4 is 10.2 Å². The number of hydrazone groups is 1. The van der Waals surface area contributed by atoms with Crippen LogP contribution in [0.1, 0.15) is 11.1 Å². The van der Waals surface area contributed by atoms with Crippen molar-refractivity contribution in [3.63, 3.8) is 0 Å². The molecule has 0 atom stereocenters. The molecular weight excluding hydrogens is 390 g/mol. The van der Waals surface area contributed by atoms with Gasteiger partial charge >= 0.3 is 0 Å². The Morgan fingerprint density at radius 3 is 2.86 bits per heavy atom. The fourth-order valence-electron chi connectivity index (χ4n) is 2.62. The molecule has 1 heterocycles. The predicted octanol–water partition coefficient (Wildman–Crippen LogP) is 2.75. The summed E-state index contributed by atoms with van der Waals surface area (Å²) in [6.07, 6.45) is 1.36. The number of para-hydroxylation sites is 1. The first kappa shape index (κ1) is 20.4. The van der Waals surface area contributed by atoms with E-state index in [1.165, 1.54) is 25.1 Å². The van der Waals surface area contributed by atoms with Gasteiger partial charge in [0, 0.05) is 18.2 Å². The van der Waals surface area contributed by atoms with Crippen LogP contribution in [0.25, 0.3) is 11.4 Å². The van der Waals surface area contributed by atoms with E-state index in [2.05, 4.69) is 20.7 Å². The summed E-state index contributed by atoms with van der Waals surface area (Å²) < 4.78 is 6.89. The molecule has 8 nitrogen and oxygen atoms in total. The Hall–Kier alpha value is -3.33. The summed E-state index contributed by atoms with van der Waals surface area (Å²) in [6, 6.07) is 13.0. The van der Waals surface area contributed by atoms with E-state index < -0.39 is 0 Å². The van der Waals surface area contributed by atoms with Crippen molar-refractivity contribution in [3.05, 3.63) is 53.6 Å². The lowest BCUT2D eigenvalue weighted by Gasteiger charge is -2.05. The standard InChI is InChI=1S/C20H21N5O3S/c1-13-6-4-7-14(10-13)19-23-24-20(25(19)2)29-12-17(26)22-21-11-15-8-5-9-16(28-3)18(15)27/h4-11,27H,12H2,1-3H3,(H,22,26)/b21-11-. The third-order valence-electron chi connectivity index (χ3n) is 4.09. The van der Waals surface area contributed by atoms with Gasteiger partial charge in [-0.05, 0) is 25.1 Å². The van der Waals surface area contributed by atoms with E-state index >= 15 is 0 Å². The summed E-state index contributed by atoms with van der Waals surface area (Å²) >= 11 is 1.26. The third-order valence-corrected chi connectivity index (χ3v) is 5.11. The number of aromatic hydroxyl groups is 1. The molecule has 29 heavy (non-hydrogen) atoms. The number of thioether (sulfide) groups is 1. The van der Waals surface area contributed by atoms with E-state index in [1.54, 1.807) is 18.2 Å². The van der Waals surface area contributed by atoms with E-state index in [1.807, 2.05) is 42.8 Å². The molecule has 0 saturated heterocycles. The molecule has 3 aromatic rings. The Morgan fingerprint density at radius 2 is 2.10 bits per heavy atom. The number of ether oxygens (including phenoxy) is 1. The van der Waals surface area contributed by atoms with Crippen LogP contribution in [0.3, 0.4) is 0 Å². The van der Waals surface area contributed by atoms with E-state index in [0.717, 1.165) is 17.0 Å². The minimum absolute atomic E-state index is 0.0369. The van der Waals surface area contributed by atoms with Crippen LogP contribution in [-0.4, -0.2) is 44.9 Å². The number of aryl methyl sites for hydroxylation is 1. The highest BCUT2D eigenvalue weighted by atomic mass is 32.2. The number of phenolic OH excluding ortho intramolecular Hbond substituents is 1. The number of hydrogen-bond donors (Lipinski definition) is 2. The molecular formula is C20H21N5O3S. The van der Waals surface area contributed by atoms with Gasteiger partial charge in [-0.15, -0.1) is 10.2 Å². The molecule has 0 spiro atoms. The molecule has 9 heteroatoms. The molecule has 0 unspecified atom stereocenters. The maximum Gasteiger partial charge on any atom is 0.250 e. The van der Waals surface area contributed by atoms with Gasteiger partial charge in [0.05, 0.1) is 19.1 Å². The molecule has 0 bridgehead atoms. The monoisotopic (exact) mass is 411 g/mol. The number of phenols is 1. The second-order valence-corrected chi connectivity index (χ2v) is 7.16. The van der Waals surface area contributed by atoms with Crippen molar-refractivity contribution >= 4 is 23.9 Å². The zero-order chi connectivity index (χ0) is 20.8. The molecule has 0 aliphatic heterocycles. The zero-order valence-electron chi connectivity index (χ0n) is 16.3. The van der Waals surface area contributed by atoms with Gasteiger partial charge < -0.3 is 14.4 Å². The van der Waals surface area contributed by atoms with Crippen molar-refractivity contribution in [1.82, 2.24) is 20.2 Å². The van der Waals surface area contributed by atoms with Crippen molar-refractivity contribution in [2.24, 2.45) is 12.1 Å². The lowest BCUT2D eigenvalue weighted by molar-refractivity contribution is -0.118. The number of methoxy groups -OCH3 is 1. The fourth-order valence-corrected chi connectivity index (χ4v) is 3.32. The lowest BCUT2D eigenvalue weighted by Crippen LogP contribution is -2.19. The third kappa shape index (κ3) is 4.94. The number of hydrogen-bond acceptors (Lipinski definition) is 7.